The van der Waals surface area contributed by atoms with Crippen LogP contribution in [0.15, 0.2) is 5.38 Å². The summed E-state index contributed by atoms with van der Waals surface area (Å²) in [6, 6.07) is 0.430. The molecule has 4 nitrogen and oxygen atoms in total. The third-order valence-electron chi connectivity index (χ3n) is 2.73. The number of methoxy groups -OCH3 is 1. The van der Waals surface area contributed by atoms with Crippen LogP contribution in [0.2, 0.25) is 0 Å². The minimum Gasteiger partial charge on any atom is -0.383 e. The molecule has 1 aromatic heterocycles. The Kier molecular flexibility index (Phi) is 6.65. The first-order valence-corrected chi connectivity index (χ1v) is 6.90. The number of thiazole rings is 1. The molecule has 0 radical (unpaired) electrons. The monoisotopic (exact) mass is 257 g/mol. The van der Waals surface area contributed by atoms with Crippen LogP contribution in [0.5, 0.6) is 0 Å². The summed E-state index contributed by atoms with van der Waals surface area (Å²) in [6.45, 7) is 7.90. The van der Waals surface area contributed by atoms with Gasteiger partial charge in [-0.15, -0.1) is 11.3 Å². The van der Waals surface area contributed by atoms with Crippen LogP contribution in [0.25, 0.3) is 0 Å². The maximum absolute atomic E-state index is 5.20. The average molecular weight is 257 g/mol. The summed E-state index contributed by atoms with van der Waals surface area (Å²) in [4.78, 5) is 6.98. The fourth-order valence-corrected chi connectivity index (χ4v) is 2.58. The molecular weight excluding hydrogens is 234 g/mol. The van der Waals surface area contributed by atoms with Gasteiger partial charge >= 0.3 is 0 Å². The van der Waals surface area contributed by atoms with E-state index in [1.165, 1.54) is 0 Å². The van der Waals surface area contributed by atoms with Crippen molar-refractivity contribution < 1.29 is 4.74 Å². The summed E-state index contributed by atoms with van der Waals surface area (Å²) < 4.78 is 5.20. The van der Waals surface area contributed by atoms with Crippen LogP contribution in [0.3, 0.4) is 0 Å². The van der Waals surface area contributed by atoms with Crippen LogP contribution in [0.1, 0.15) is 24.5 Å². The van der Waals surface area contributed by atoms with Gasteiger partial charge in [0.15, 0.2) is 0 Å². The van der Waals surface area contributed by atoms with E-state index in [0.717, 1.165) is 36.9 Å². The lowest BCUT2D eigenvalue weighted by molar-refractivity contribution is 0.0975. The Hall–Kier alpha value is -0.490. The van der Waals surface area contributed by atoms with Crippen molar-refractivity contribution >= 4 is 11.3 Å². The topological polar surface area (TPSA) is 37.4 Å². The van der Waals surface area contributed by atoms with Gasteiger partial charge in [0.2, 0.25) is 0 Å². The molecule has 0 aliphatic carbocycles. The molecule has 1 rings (SSSR count). The molecule has 0 bridgehead atoms. The van der Waals surface area contributed by atoms with E-state index in [2.05, 4.69) is 34.4 Å². The van der Waals surface area contributed by atoms with Crippen molar-refractivity contribution in [2.45, 2.75) is 33.0 Å². The number of hydrogen-bond acceptors (Lipinski definition) is 5. The number of likely N-dealkylation sites (N-methyl/N-ethyl adjacent to an activating group) is 1. The quantitative estimate of drug-likeness (QED) is 0.769. The molecule has 1 unspecified atom stereocenters. The van der Waals surface area contributed by atoms with E-state index < -0.39 is 0 Å². The fourth-order valence-electron chi connectivity index (χ4n) is 1.79. The minimum absolute atomic E-state index is 0.430. The van der Waals surface area contributed by atoms with Gasteiger partial charge in [0, 0.05) is 31.6 Å². The summed E-state index contributed by atoms with van der Waals surface area (Å²) >= 11 is 1.72. The summed E-state index contributed by atoms with van der Waals surface area (Å²) in [6.07, 6.45) is 0. The van der Waals surface area contributed by atoms with Crippen molar-refractivity contribution in [2.24, 2.45) is 0 Å². The molecule has 0 fully saturated rings. The van der Waals surface area contributed by atoms with Crippen LogP contribution in [0.4, 0.5) is 0 Å². The van der Waals surface area contributed by atoms with Gasteiger partial charge in [-0.25, -0.2) is 4.98 Å². The lowest BCUT2D eigenvalue weighted by Gasteiger charge is -2.26. The highest BCUT2D eigenvalue weighted by Crippen LogP contribution is 2.13. The molecule has 1 heterocycles. The number of aromatic nitrogens is 1. The predicted molar refractivity (Wildman–Crippen MR) is 72.3 cm³/mol. The van der Waals surface area contributed by atoms with E-state index in [4.69, 9.17) is 4.74 Å². The summed E-state index contributed by atoms with van der Waals surface area (Å²) in [5, 5.41) is 6.42. The Bertz CT molecular complexity index is 316. The number of nitrogens with zero attached hydrogens (tertiary/aromatic N) is 2. The van der Waals surface area contributed by atoms with Gasteiger partial charge in [-0.3, -0.25) is 4.90 Å². The van der Waals surface area contributed by atoms with E-state index in [9.17, 15) is 0 Å². The molecule has 0 aromatic carbocycles. The van der Waals surface area contributed by atoms with Crippen molar-refractivity contribution in [3.63, 3.8) is 0 Å². The second-order valence-electron chi connectivity index (χ2n) is 4.13. The molecule has 0 saturated carbocycles. The molecule has 0 spiro atoms. The number of rotatable bonds is 8. The highest BCUT2D eigenvalue weighted by atomic mass is 32.1. The van der Waals surface area contributed by atoms with Crippen LogP contribution in [0, 0.1) is 0 Å². The van der Waals surface area contributed by atoms with E-state index in [1.807, 2.05) is 7.05 Å². The zero-order chi connectivity index (χ0) is 12.7. The standard InChI is InChI=1S/C12H23N3OS/c1-5-15(10(2)8-16-4)7-11-9-17-12(14-11)6-13-3/h9-10,13H,5-8H2,1-4H3. The first kappa shape index (κ1) is 14.6. The lowest BCUT2D eigenvalue weighted by atomic mass is 10.3. The van der Waals surface area contributed by atoms with E-state index in [-0.39, 0.29) is 0 Å². The summed E-state index contributed by atoms with van der Waals surface area (Å²) in [5.74, 6) is 0. The van der Waals surface area contributed by atoms with Crippen molar-refractivity contribution in [1.29, 1.82) is 0 Å². The highest BCUT2D eigenvalue weighted by Gasteiger charge is 2.13. The largest absolute Gasteiger partial charge is 0.383 e. The van der Waals surface area contributed by atoms with Crippen molar-refractivity contribution in [3.05, 3.63) is 16.1 Å². The van der Waals surface area contributed by atoms with Gasteiger partial charge in [-0.1, -0.05) is 6.92 Å². The van der Waals surface area contributed by atoms with Gasteiger partial charge in [0.1, 0.15) is 5.01 Å². The molecule has 1 N–H and O–H groups in total. The number of ether oxygens (including phenoxy) is 1. The van der Waals surface area contributed by atoms with Gasteiger partial charge in [-0.05, 0) is 20.5 Å². The van der Waals surface area contributed by atoms with E-state index in [0.29, 0.717) is 6.04 Å². The molecule has 0 saturated heterocycles. The van der Waals surface area contributed by atoms with Crippen molar-refractivity contribution in [1.82, 2.24) is 15.2 Å². The third-order valence-corrected chi connectivity index (χ3v) is 3.63. The third kappa shape index (κ3) is 4.71. The molecule has 17 heavy (non-hydrogen) atoms. The maximum Gasteiger partial charge on any atom is 0.107 e. The van der Waals surface area contributed by atoms with Crippen LogP contribution in [-0.4, -0.2) is 43.2 Å². The van der Waals surface area contributed by atoms with Crippen LogP contribution < -0.4 is 5.32 Å². The van der Waals surface area contributed by atoms with E-state index in [1.54, 1.807) is 18.4 Å². The SMILES string of the molecule is CCN(Cc1csc(CNC)n1)C(C)COC. The summed E-state index contributed by atoms with van der Waals surface area (Å²) in [5.41, 5.74) is 1.16. The normalized spacial score (nSPS) is 13.2. The highest BCUT2D eigenvalue weighted by molar-refractivity contribution is 7.09. The number of hydrogen-bond donors (Lipinski definition) is 1. The van der Waals surface area contributed by atoms with E-state index >= 15 is 0 Å². The minimum atomic E-state index is 0.430. The zero-order valence-corrected chi connectivity index (χ0v) is 12.0. The summed E-state index contributed by atoms with van der Waals surface area (Å²) in [7, 11) is 3.69. The van der Waals surface area contributed by atoms with Gasteiger partial charge in [0.05, 0.1) is 12.3 Å². The first-order valence-electron chi connectivity index (χ1n) is 6.02. The Labute approximate surface area is 108 Å². The second kappa shape index (κ2) is 7.76. The van der Waals surface area contributed by atoms with Gasteiger partial charge in [0.25, 0.3) is 0 Å². The molecule has 0 aliphatic heterocycles. The molecular formula is C12H23N3OS. The Morgan fingerprint density at radius 2 is 2.35 bits per heavy atom. The second-order valence-corrected chi connectivity index (χ2v) is 5.07. The Morgan fingerprint density at radius 3 is 2.94 bits per heavy atom. The van der Waals surface area contributed by atoms with Crippen LogP contribution >= 0.6 is 11.3 Å². The maximum atomic E-state index is 5.20. The molecule has 5 heteroatoms. The lowest BCUT2D eigenvalue weighted by Crippen LogP contribution is -2.35. The zero-order valence-electron chi connectivity index (χ0n) is 11.2. The Balaban J connectivity index is 2.54. The first-order chi connectivity index (χ1) is 8.21. The molecule has 0 aliphatic rings. The molecule has 98 valence electrons. The van der Waals surface area contributed by atoms with Crippen LogP contribution in [-0.2, 0) is 17.8 Å². The van der Waals surface area contributed by atoms with Gasteiger partial charge < -0.3 is 10.1 Å². The van der Waals surface area contributed by atoms with Crippen molar-refractivity contribution in [2.75, 3.05) is 27.3 Å². The average Bonchev–Trinajstić information content (AvgIpc) is 2.74. The molecule has 0 amide bonds. The van der Waals surface area contributed by atoms with Gasteiger partial charge in [-0.2, -0.15) is 0 Å². The smallest absolute Gasteiger partial charge is 0.107 e. The number of nitrogens with one attached hydrogen (secondary N) is 1. The Morgan fingerprint density at radius 1 is 1.59 bits per heavy atom. The predicted octanol–water partition coefficient (Wildman–Crippen LogP) is 1.72. The molecule has 1 atom stereocenters. The molecule has 1 aromatic rings. The van der Waals surface area contributed by atoms with Crippen molar-refractivity contribution in [3.8, 4) is 0 Å². The fraction of sp³-hybridized carbons (Fsp3) is 0.750.